The molecular formula is C23H32N4O2S. The lowest BCUT2D eigenvalue weighted by Crippen LogP contribution is -2.48. The average molecular weight is 429 g/mol. The van der Waals surface area contributed by atoms with Crippen molar-refractivity contribution in [2.45, 2.75) is 76.2 Å². The van der Waals surface area contributed by atoms with Crippen LogP contribution in [0.1, 0.15) is 52.4 Å². The van der Waals surface area contributed by atoms with Gasteiger partial charge >= 0.3 is 0 Å². The number of likely N-dealkylation sites (tertiary alicyclic amines) is 2. The van der Waals surface area contributed by atoms with Crippen molar-refractivity contribution >= 4 is 34.6 Å². The van der Waals surface area contributed by atoms with Crippen LogP contribution in [0.5, 0.6) is 0 Å². The maximum absolute atomic E-state index is 13.3. The quantitative estimate of drug-likeness (QED) is 0.677. The van der Waals surface area contributed by atoms with E-state index in [1.165, 1.54) is 24.6 Å². The Morgan fingerprint density at radius 2 is 1.70 bits per heavy atom. The van der Waals surface area contributed by atoms with Crippen LogP contribution in [-0.2, 0) is 16.1 Å². The number of hydrogen-bond donors (Lipinski definition) is 0. The lowest BCUT2D eigenvalue weighted by atomic mass is 9.97. The summed E-state index contributed by atoms with van der Waals surface area (Å²) in [5.41, 5.74) is 1.83. The summed E-state index contributed by atoms with van der Waals surface area (Å²) in [6, 6.07) is 8.46. The first-order valence-corrected chi connectivity index (χ1v) is 12.2. The Morgan fingerprint density at radius 3 is 2.43 bits per heavy atom. The summed E-state index contributed by atoms with van der Waals surface area (Å²) in [6.45, 7) is 6.28. The first kappa shape index (κ1) is 21.2. The van der Waals surface area contributed by atoms with E-state index in [0.717, 1.165) is 55.0 Å². The smallest absolute Gasteiger partial charge is 0.243 e. The van der Waals surface area contributed by atoms with Gasteiger partial charge in [-0.1, -0.05) is 23.9 Å². The summed E-state index contributed by atoms with van der Waals surface area (Å²) in [5.74, 6) is 0.679. The molecule has 2 aromatic rings. The van der Waals surface area contributed by atoms with Crippen molar-refractivity contribution in [2.75, 3.05) is 18.8 Å². The summed E-state index contributed by atoms with van der Waals surface area (Å²) in [4.78, 5) is 34.7. The maximum atomic E-state index is 13.3. The third-order valence-corrected chi connectivity index (χ3v) is 7.39. The first-order valence-electron chi connectivity index (χ1n) is 11.2. The molecule has 7 heteroatoms. The van der Waals surface area contributed by atoms with Crippen molar-refractivity contribution in [1.82, 2.24) is 19.4 Å². The number of carbonyl (C=O) groups is 2. The number of benzene rings is 1. The van der Waals surface area contributed by atoms with Gasteiger partial charge in [0, 0.05) is 25.2 Å². The number of hydrogen-bond acceptors (Lipinski definition) is 4. The predicted octanol–water partition coefficient (Wildman–Crippen LogP) is 3.93. The lowest BCUT2D eigenvalue weighted by Gasteiger charge is -2.39. The van der Waals surface area contributed by atoms with Crippen LogP contribution < -0.4 is 0 Å². The molecule has 2 aliphatic rings. The Morgan fingerprint density at radius 1 is 1.00 bits per heavy atom. The van der Waals surface area contributed by atoms with E-state index in [-0.39, 0.29) is 30.4 Å². The molecule has 4 rings (SSSR count). The number of aromatic nitrogens is 2. The zero-order valence-corrected chi connectivity index (χ0v) is 18.9. The summed E-state index contributed by atoms with van der Waals surface area (Å²) >= 11 is 1.45. The number of piperidine rings is 2. The second-order valence-corrected chi connectivity index (χ2v) is 9.57. The van der Waals surface area contributed by atoms with Crippen LogP contribution in [0.3, 0.4) is 0 Å². The fraction of sp³-hybridized carbons (Fsp3) is 0.609. The van der Waals surface area contributed by atoms with Gasteiger partial charge in [0.2, 0.25) is 11.8 Å². The number of carbonyl (C=O) groups excluding carboxylic acids is 2. The number of nitrogens with zero attached hydrogens (tertiary/aromatic N) is 4. The largest absolute Gasteiger partial charge is 0.342 e. The molecule has 0 saturated carbocycles. The average Bonchev–Trinajstić information content (AvgIpc) is 3.10. The van der Waals surface area contributed by atoms with Crippen molar-refractivity contribution in [3.05, 3.63) is 24.3 Å². The van der Waals surface area contributed by atoms with Crippen LogP contribution in [-0.4, -0.2) is 62.1 Å². The van der Waals surface area contributed by atoms with E-state index in [9.17, 15) is 9.59 Å². The highest BCUT2D eigenvalue weighted by Crippen LogP contribution is 2.27. The van der Waals surface area contributed by atoms with Crippen molar-refractivity contribution in [3.63, 3.8) is 0 Å². The molecule has 0 N–H and O–H groups in total. The van der Waals surface area contributed by atoms with E-state index in [1.54, 1.807) is 0 Å². The Bertz CT molecular complexity index is 896. The maximum Gasteiger partial charge on any atom is 0.243 e. The normalized spacial score (nSPS) is 22.5. The molecule has 0 bridgehead atoms. The number of rotatable bonds is 5. The van der Waals surface area contributed by atoms with E-state index >= 15 is 0 Å². The number of thioether (sulfide) groups is 1. The molecule has 2 saturated heterocycles. The third kappa shape index (κ3) is 4.51. The topological polar surface area (TPSA) is 58.4 Å². The van der Waals surface area contributed by atoms with Crippen LogP contribution in [0.25, 0.3) is 11.0 Å². The Balaban J connectivity index is 1.53. The molecule has 0 unspecified atom stereocenters. The second-order valence-electron chi connectivity index (χ2n) is 8.63. The molecule has 0 spiro atoms. The zero-order chi connectivity index (χ0) is 21.1. The summed E-state index contributed by atoms with van der Waals surface area (Å²) in [5, 5.41) is 0.757. The third-order valence-electron chi connectivity index (χ3n) is 6.43. The lowest BCUT2D eigenvalue weighted by molar-refractivity contribution is -0.138. The van der Waals surface area contributed by atoms with Crippen molar-refractivity contribution in [2.24, 2.45) is 0 Å². The number of imidazole rings is 1. The Labute approximate surface area is 183 Å². The number of para-hydroxylation sites is 2. The molecule has 3 heterocycles. The van der Waals surface area contributed by atoms with Gasteiger partial charge in [-0.25, -0.2) is 4.98 Å². The van der Waals surface area contributed by atoms with Gasteiger partial charge in [-0.3, -0.25) is 9.59 Å². The zero-order valence-electron chi connectivity index (χ0n) is 18.0. The highest BCUT2D eigenvalue weighted by molar-refractivity contribution is 7.99. The van der Waals surface area contributed by atoms with Crippen LogP contribution in [0, 0.1) is 0 Å². The van der Waals surface area contributed by atoms with Crippen LogP contribution in [0.2, 0.25) is 0 Å². The molecule has 1 aromatic heterocycles. The van der Waals surface area contributed by atoms with Gasteiger partial charge in [-0.05, 0) is 64.5 Å². The first-order chi connectivity index (χ1) is 14.5. The van der Waals surface area contributed by atoms with E-state index in [1.807, 2.05) is 38.6 Å². The Hall–Kier alpha value is -2.02. The standard InChI is InChI=1S/C23H32N4O2S/c1-17-9-8-10-18(2)27(17)21(28)15-26-20-12-5-4-11-19(20)24-23(26)30-16-22(29)25-13-6-3-7-14-25/h4-5,11-12,17-18H,3,6-10,13-16H2,1-2H3/t17-,18-/m0/s1. The molecule has 1 aromatic carbocycles. The minimum Gasteiger partial charge on any atom is -0.342 e. The SMILES string of the molecule is C[C@H]1CCC[C@H](C)N1C(=O)Cn1c(SCC(=O)N2CCCCC2)nc2ccccc21. The van der Waals surface area contributed by atoms with Crippen molar-refractivity contribution in [1.29, 1.82) is 0 Å². The molecule has 30 heavy (non-hydrogen) atoms. The van der Waals surface area contributed by atoms with Gasteiger partial charge in [0.25, 0.3) is 0 Å². The monoisotopic (exact) mass is 428 g/mol. The van der Waals surface area contributed by atoms with Crippen LogP contribution in [0.15, 0.2) is 29.4 Å². The van der Waals surface area contributed by atoms with Gasteiger partial charge in [0.1, 0.15) is 6.54 Å². The summed E-state index contributed by atoms with van der Waals surface area (Å²) < 4.78 is 2.00. The molecule has 0 radical (unpaired) electrons. The molecule has 0 aliphatic carbocycles. The highest BCUT2D eigenvalue weighted by Gasteiger charge is 2.30. The predicted molar refractivity (Wildman–Crippen MR) is 121 cm³/mol. The second kappa shape index (κ2) is 9.41. The highest BCUT2D eigenvalue weighted by atomic mass is 32.2. The fourth-order valence-electron chi connectivity index (χ4n) is 4.81. The molecule has 2 atom stereocenters. The molecule has 2 fully saturated rings. The van der Waals surface area contributed by atoms with Gasteiger partial charge in [0.15, 0.2) is 5.16 Å². The number of amides is 2. The van der Waals surface area contributed by atoms with Gasteiger partial charge in [-0.2, -0.15) is 0 Å². The van der Waals surface area contributed by atoms with Crippen molar-refractivity contribution in [3.8, 4) is 0 Å². The molecular weight excluding hydrogens is 396 g/mol. The number of fused-ring (bicyclic) bond motifs is 1. The van der Waals surface area contributed by atoms with E-state index < -0.39 is 0 Å². The summed E-state index contributed by atoms with van der Waals surface area (Å²) in [7, 11) is 0. The molecule has 2 aliphatic heterocycles. The van der Waals surface area contributed by atoms with Gasteiger partial charge in [-0.15, -0.1) is 0 Å². The van der Waals surface area contributed by atoms with E-state index in [4.69, 9.17) is 4.98 Å². The van der Waals surface area contributed by atoms with Gasteiger partial charge < -0.3 is 14.4 Å². The summed E-state index contributed by atoms with van der Waals surface area (Å²) in [6.07, 6.45) is 6.70. The van der Waals surface area contributed by atoms with E-state index in [0.29, 0.717) is 5.75 Å². The Kier molecular flexibility index (Phi) is 6.66. The van der Waals surface area contributed by atoms with Crippen molar-refractivity contribution < 1.29 is 9.59 Å². The van der Waals surface area contributed by atoms with Crippen LogP contribution >= 0.6 is 11.8 Å². The minimum absolute atomic E-state index is 0.141. The molecule has 162 valence electrons. The van der Waals surface area contributed by atoms with Crippen LogP contribution in [0.4, 0.5) is 0 Å². The molecule has 2 amide bonds. The fourth-order valence-corrected chi connectivity index (χ4v) is 5.72. The van der Waals surface area contributed by atoms with Gasteiger partial charge in [0.05, 0.1) is 16.8 Å². The van der Waals surface area contributed by atoms with E-state index in [2.05, 4.69) is 13.8 Å². The molecule has 6 nitrogen and oxygen atoms in total. The minimum atomic E-state index is 0.141.